The Morgan fingerprint density at radius 3 is 2.43 bits per heavy atom. The summed E-state index contributed by atoms with van der Waals surface area (Å²) in [4.78, 5) is 11.3. The van der Waals surface area contributed by atoms with Gasteiger partial charge in [0.2, 0.25) is 10.0 Å². The zero-order valence-electron chi connectivity index (χ0n) is 10.7. The number of aryl methyl sites for hydroxylation is 1. The maximum absolute atomic E-state index is 12.7. The number of carbonyl (C=O) groups is 1. The lowest BCUT2D eigenvalue weighted by molar-refractivity contribution is -0.123. The van der Waals surface area contributed by atoms with Gasteiger partial charge in [0.1, 0.15) is 0 Å². The Kier molecular flexibility index (Phi) is 4.95. The fourth-order valence-electron chi connectivity index (χ4n) is 1.39. The molecule has 0 radical (unpaired) electrons. The Morgan fingerprint density at radius 2 is 1.95 bits per heavy atom. The lowest BCUT2D eigenvalue weighted by atomic mass is 10.1. The van der Waals surface area contributed by atoms with Crippen LogP contribution in [-0.4, -0.2) is 33.2 Å². The highest BCUT2D eigenvalue weighted by Gasteiger charge is 2.40. The number of sulfonamides is 1. The minimum absolute atomic E-state index is 0.244. The van der Waals surface area contributed by atoms with Gasteiger partial charge in [0.25, 0.3) is 5.91 Å². The zero-order chi connectivity index (χ0) is 16.4. The molecule has 0 bridgehead atoms. The van der Waals surface area contributed by atoms with Gasteiger partial charge >= 0.3 is 12.3 Å². The largest absolute Gasteiger partial charge is 0.346 e. The molecular weight excluding hydrogens is 316 g/mol. The van der Waals surface area contributed by atoms with Crippen LogP contribution in [0.3, 0.4) is 0 Å². The van der Waals surface area contributed by atoms with Gasteiger partial charge in [0.05, 0.1) is 11.4 Å². The van der Waals surface area contributed by atoms with Crippen molar-refractivity contribution in [2.75, 3.05) is 6.54 Å². The number of rotatable bonds is 5. The molecule has 0 spiro atoms. The Bertz CT molecular complexity index is 647. The quantitative estimate of drug-likeness (QED) is 0.798. The van der Waals surface area contributed by atoms with Crippen LogP contribution in [0.1, 0.15) is 15.9 Å². The number of primary sulfonamides is 1. The van der Waals surface area contributed by atoms with E-state index in [1.54, 1.807) is 5.32 Å². The van der Waals surface area contributed by atoms with E-state index in [1.165, 1.54) is 13.0 Å². The fourth-order valence-corrected chi connectivity index (χ4v) is 1.93. The molecule has 10 heteroatoms. The molecule has 0 aliphatic rings. The lowest BCUT2D eigenvalue weighted by Crippen LogP contribution is -2.41. The van der Waals surface area contributed by atoms with Gasteiger partial charge in [-0.05, 0) is 24.6 Å². The van der Waals surface area contributed by atoms with E-state index < -0.39 is 34.8 Å². The molecule has 0 aliphatic carbocycles. The summed E-state index contributed by atoms with van der Waals surface area (Å²) in [5, 5.41) is 6.52. The normalized spacial score (nSPS) is 12.5. The first-order chi connectivity index (χ1) is 9.45. The summed E-state index contributed by atoms with van der Waals surface area (Å²) in [5.41, 5.74) is 0.0341. The highest BCUT2D eigenvalue weighted by Crippen LogP contribution is 2.22. The predicted octanol–water partition coefficient (Wildman–Crippen LogP) is 1.27. The van der Waals surface area contributed by atoms with Gasteiger partial charge in [-0.2, -0.15) is 8.78 Å². The number of nitrogens with two attached hydrogens (primary N) is 1. The molecule has 1 aromatic carbocycles. The Labute approximate surface area is 118 Å². The van der Waals surface area contributed by atoms with E-state index in [-0.39, 0.29) is 16.0 Å². The third-order valence-corrected chi connectivity index (χ3v) is 3.50. The van der Waals surface area contributed by atoms with Crippen molar-refractivity contribution in [1.82, 2.24) is 5.32 Å². The predicted molar refractivity (Wildman–Crippen MR) is 65.8 cm³/mol. The molecule has 5 nitrogen and oxygen atoms in total. The summed E-state index contributed by atoms with van der Waals surface area (Å²) in [7, 11) is -4.08. The molecule has 0 aliphatic heterocycles. The van der Waals surface area contributed by atoms with Crippen LogP contribution >= 0.6 is 0 Å². The van der Waals surface area contributed by atoms with Crippen LogP contribution in [0.4, 0.5) is 17.6 Å². The molecule has 0 unspecified atom stereocenters. The number of hydrogen-bond acceptors (Lipinski definition) is 3. The first-order valence-corrected chi connectivity index (χ1v) is 7.07. The van der Waals surface area contributed by atoms with E-state index in [2.05, 4.69) is 0 Å². The molecular formula is C11H12F4N2O3S. The highest BCUT2D eigenvalue weighted by atomic mass is 32.2. The molecule has 0 aromatic heterocycles. The first-order valence-electron chi connectivity index (χ1n) is 5.53. The molecule has 1 aromatic rings. The molecule has 0 fully saturated rings. The van der Waals surface area contributed by atoms with Crippen molar-refractivity contribution in [2.45, 2.75) is 24.2 Å². The summed E-state index contributed by atoms with van der Waals surface area (Å²) < 4.78 is 71.7. The van der Waals surface area contributed by atoms with Crippen molar-refractivity contribution >= 4 is 15.9 Å². The monoisotopic (exact) mass is 328 g/mol. The lowest BCUT2D eigenvalue weighted by Gasteiger charge is -2.16. The van der Waals surface area contributed by atoms with Crippen LogP contribution in [0.25, 0.3) is 0 Å². The van der Waals surface area contributed by atoms with Crippen molar-refractivity contribution in [2.24, 2.45) is 5.14 Å². The maximum atomic E-state index is 12.7. The van der Waals surface area contributed by atoms with Gasteiger partial charge in [-0.3, -0.25) is 4.79 Å². The minimum Gasteiger partial charge on any atom is -0.346 e. The smallest absolute Gasteiger partial charge is 0.324 e. The van der Waals surface area contributed by atoms with Crippen molar-refractivity contribution in [3.05, 3.63) is 29.3 Å². The summed E-state index contributed by atoms with van der Waals surface area (Å²) in [6, 6.07) is 3.27. The number of amides is 1. The van der Waals surface area contributed by atoms with Gasteiger partial charge < -0.3 is 5.32 Å². The van der Waals surface area contributed by atoms with Crippen molar-refractivity contribution in [1.29, 1.82) is 0 Å². The fraction of sp³-hybridized carbons (Fsp3) is 0.364. The molecule has 118 valence electrons. The summed E-state index contributed by atoms with van der Waals surface area (Å²) in [6.45, 7) is -0.143. The van der Waals surface area contributed by atoms with E-state index in [1.807, 2.05) is 0 Å². The standard InChI is InChI=1S/C11H12F4N2O3S/c1-6-2-3-7(21(16,19)20)4-8(6)9(18)17-5-11(14,15)10(12)13/h2-4,10H,5H2,1H3,(H,17,18)(H2,16,19,20). The van der Waals surface area contributed by atoms with Crippen molar-refractivity contribution < 1.29 is 30.8 Å². The van der Waals surface area contributed by atoms with Crippen LogP contribution in [-0.2, 0) is 10.0 Å². The maximum Gasteiger partial charge on any atom is 0.324 e. The Morgan fingerprint density at radius 1 is 1.38 bits per heavy atom. The van der Waals surface area contributed by atoms with Crippen LogP contribution < -0.4 is 10.5 Å². The summed E-state index contributed by atoms with van der Waals surface area (Å²) >= 11 is 0. The summed E-state index contributed by atoms with van der Waals surface area (Å²) in [5.74, 6) is -5.47. The van der Waals surface area contributed by atoms with Crippen LogP contribution in [0.15, 0.2) is 23.1 Å². The molecule has 21 heavy (non-hydrogen) atoms. The van der Waals surface area contributed by atoms with Crippen molar-refractivity contribution in [3.63, 3.8) is 0 Å². The molecule has 3 N–H and O–H groups in total. The van der Waals surface area contributed by atoms with Gasteiger partial charge in [-0.25, -0.2) is 22.3 Å². The zero-order valence-corrected chi connectivity index (χ0v) is 11.6. The highest BCUT2D eigenvalue weighted by molar-refractivity contribution is 7.89. The van der Waals surface area contributed by atoms with Gasteiger partial charge in [-0.15, -0.1) is 0 Å². The molecule has 0 heterocycles. The Hall–Kier alpha value is -1.68. The number of nitrogens with one attached hydrogen (secondary N) is 1. The number of halogens is 4. The van der Waals surface area contributed by atoms with E-state index in [4.69, 9.17) is 5.14 Å². The van der Waals surface area contributed by atoms with E-state index >= 15 is 0 Å². The first kappa shape index (κ1) is 17.4. The topological polar surface area (TPSA) is 89.3 Å². The number of alkyl halides is 4. The molecule has 0 saturated carbocycles. The molecule has 1 amide bonds. The second kappa shape index (κ2) is 5.98. The van der Waals surface area contributed by atoms with E-state index in [0.29, 0.717) is 0 Å². The SMILES string of the molecule is Cc1ccc(S(N)(=O)=O)cc1C(=O)NCC(F)(F)C(F)F. The second-order valence-corrected chi connectivity index (χ2v) is 5.83. The van der Waals surface area contributed by atoms with Crippen molar-refractivity contribution in [3.8, 4) is 0 Å². The Balaban J connectivity index is 2.98. The van der Waals surface area contributed by atoms with Crippen LogP contribution in [0, 0.1) is 6.92 Å². The average molecular weight is 328 g/mol. The van der Waals surface area contributed by atoms with Gasteiger partial charge in [0, 0.05) is 5.56 Å². The van der Waals surface area contributed by atoms with Crippen LogP contribution in [0.2, 0.25) is 0 Å². The molecule has 0 atom stereocenters. The third kappa shape index (κ3) is 4.39. The summed E-state index contributed by atoms with van der Waals surface area (Å²) in [6.07, 6.45) is -3.92. The molecule has 1 rings (SSSR count). The van der Waals surface area contributed by atoms with Gasteiger partial charge in [-0.1, -0.05) is 6.07 Å². The van der Waals surface area contributed by atoms with Crippen LogP contribution in [0.5, 0.6) is 0 Å². The molecule has 0 saturated heterocycles. The minimum atomic E-state index is -4.37. The second-order valence-electron chi connectivity index (χ2n) is 4.27. The third-order valence-electron chi connectivity index (χ3n) is 2.59. The van der Waals surface area contributed by atoms with Gasteiger partial charge in [0.15, 0.2) is 0 Å². The van der Waals surface area contributed by atoms with E-state index in [9.17, 15) is 30.8 Å². The average Bonchev–Trinajstić information content (AvgIpc) is 2.35. The number of hydrogen-bond donors (Lipinski definition) is 2. The number of carbonyl (C=O) groups excluding carboxylic acids is 1. The number of benzene rings is 1. The van der Waals surface area contributed by atoms with E-state index in [0.717, 1.165) is 12.1 Å².